The average molecular weight is 244 g/mol. The van der Waals surface area contributed by atoms with Crippen LogP contribution in [0.4, 0.5) is 5.13 Å². The van der Waals surface area contributed by atoms with Crippen LogP contribution in [0.2, 0.25) is 0 Å². The second kappa shape index (κ2) is 4.93. The number of esters is 1. The van der Waals surface area contributed by atoms with E-state index in [1.807, 2.05) is 0 Å². The van der Waals surface area contributed by atoms with Crippen LogP contribution >= 0.6 is 11.3 Å². The van der Waals surface area contributed by atoms with E-state index in [9.17, 15) is 9.59 Å². The summed E-state index contributed by atoms with van der Waals surface area (Å²) in [6, 6.07) is -0.754. The Morgan fingerprint density at radius 3 is 2.69 bits per heavy atom. The lowest BCUT2D eigenvalue weighted by molar-refractivity contribution is -0.137. The predicted molar refractivity (Wildman–Crippen MR) is 58.9 cm³/mol. The molecule has 0 aliphatic heterocycles. The molecule has 0 aliphatic rings. The predicted octanol–water partition coefficient (Wildman–Crippen LogP) is 1.12. The molecule has 0 amide bonds. The fourth-order valence-corrected chi connectivity index (χ4v) is 1.88. The number of ether oxygens (including phenoxy) is 1. The van der Waals surface area contributed by atoms with Crippen LogP contribution in [0.1, 0.15) is 22.3 Å². The number of carbonyl (C=O) groups excluding carboxylic acids is 1. The summed E-state index contributed by atoms with van der Waals surface area (Å²) in [5.41, 5.74) is 0.215. The first-order chi connectivity index (χ1) is 7.45. The van der Waals surface area contributed by atoms with Crippen LogP contribution in [0.5, 0.6) is 0 Å². The number of methoxy groups -OCH3 is 1. The number of hydrogen-bond acceptors (Lipinski definition) is 6. The van der Waals surface area contributed by atoms with Crippen molar-refractivity contribution in [1.82, 2.24) is 4.98 Å². The molecule has 0 fully saturated rings. The van der Waals surface area contributed by atoms with Gasteiger partial charge in [-0.15, -0.1) is 11.3 Å². The first kappa shape index (κ1) is 12.4. The molecule has 0 spiro atoms. The highest BCUT2D eigenvalue weighted by Crippen LogP contribution is 2.23. The standard InChI is InChI=1S/C9H12N2O4S/c1-4(7(12)13)10-9-11-6(5(2)16-9)8(14)15-3/h4H,1-3H3,(H,10,11)(H,12,13)/t4-/m0/s1. The fraction of sp³-hybridized carbons (Fsp3) is 0.444. The van der Waals surface area contributed by atoms with Crippen LogP contribution < -0.4 is 5.32 Å². The average Bonchev–Trinajstić information content (AvgIpc) is 2.58. The molecule has 7 heteroatoms. The highest BCUT2D eigenvalue weighted by Gasteiger charge is 2.18. The van der Waals surface area contributed by atoms with Crippen molar-refractivity contribution in [2.45, 2.75) is 19.9 Å². The third-order valence-electron chi connectivity index (χ3n) is 1.89. The number of carboxylic acids is 1. The first-order valence-electron chi connectivity index (χ1n) is 4.50. The number of carbonyl (C=O) groups is 2. The Hall–Kier alpha value is -1.63. The lowest BCUT2D eigenvalue weighted by atomic mass is 10.3. The summed E-state index contributed by atoms with van der Waals surface area (Å²) in [6.07, 6.45) is 0. The fourth-order valence-electron chi connectivity index (χ4n) is 0.991. The normalized spacial score (nSPS) is 11.9. The maximum Gasteiger partial charge on any atom is 0.357 e. The summed E-state index contributed by atoms with van der Waals surface area (Å²) in [7, 11) is 1.27. The molecule has 0 saturated heterocycles. The smallest absolute Gasteiger partial charge is 0.357 e. The lowest BCUT2D eigenvalue weighted by Gasteiger charge is -2.05. The van der Waals surface area contributed by atoms with Gasteiger partial charge in [-0.25, -0.2) is 9.78 Å². The summed E-state index contributed by atoms with van der Waals surface area (Å²) in [5, 5.41) is 11.8. The highest BCUT2D eigenvalue weighted by atomic mass is 32.1. The second-order valence-corrected chi connectivity index (χ2v) is 4.32. The number of aromatic nitrogens is 1. The third kappa shape index (κ3) is 2.69. The van der Waals surface area contributed by atoms with Crippen LogP contribution in [0.25, 0.3) is 0 Å². The van der Waals surface area contributed by atoms with E-state index in [1.165, 1.54) is 25.4 Å². The van der Waals surface area contributed by atoms with Crippen LogP contribution in [0.15, 0.2) is 0 Å². The summed E-state index contributed by atoms with van der Waals surface area (Å²) in [4.78, 5) is 26.5. The molecule has 0 bridgehead atoms. The van der Waals surface area contributed by atoms with Crippen molar-refractivity contribution in [3.05, 3.63) is 10.6 Å². The molecular weight excluding hydrogens is 232 g/mol. The van der Waals surface area contributed by atoms with E-state index in [4.69, 9.17) is 5.11 Å². The Bertz CT molecular complexity index is 416. The summed E-state index contributed by atoms with van der Waals surface area (Å²) in [6.45, 7) is 3.22. The number of nitrogens with one attached hydrogen (secondary N) is 1. The molecule has 1 aromatic heterocycles. The molecule has 1 rings (SSSR count). The van der Waals surface area contributed by atoms with Gasteiger partial charge < -0.3 is 15.2 Å². The van der Waals surface area contributed by atoms with Crippen molar-refractivity contribution < 1.29 is 19.4 Å². The molecular formula is C9H12N2O4S. The van der Waals surface area contributed by atoms with Crippen LogP contribution in [0.3, 0.4) is 0 Å². The number of anilines is 1. The monoisotopic (exact) mass is 244 g/mol. The minimum Gasteiger partial charge on any atom is -0.480 e. The molecule has 0 aliphatic carbocycles. The van der Waals surface area contributed by atoms with Crippen molar-refractivity contribution in [2.24, 2.45) is 0 Å². The largest absolute Gasteiger partial charge is 0.480 e. The quantitative estimate of drug-likeness (QED) is 0.772. The van der Waals surface area contributed by atoms with E-state index in [2.05, 4.69) is 15.0 Å². The molecule has 0 unspecified atom stereocenters. The lowest BCUT2D eigenvalue weighted by Crippen LogP contribution is -2.25. The van der Waals surface area contributed by atoms with Gasteiger partial charge in [-0.1, -0.05) is 0 Å². The zero-order valence-corrected chi connectivity index (χ0v) is 9.92. The number of aliphatic carboxylic acids is 1. The van der Waals surface area contributed by atoms with Crippen LogP contribution in [-0.4, -0.2) is 35.2 Å². The molecule has 0 radical (unpaired) electrons. The van der Waals surface area contributed by atoms with E-state index in [-0.39, 0.29) is 5.69 Å². The van der Waals surface area contributed by atoms with Gasteiger partial charge in [0.2, 0.25) is 0 Å². The van der Waals surface area contributed by atoms with Gasteiger partial charge in [-0.3, -0.25) is 4.79 Å². The summed E-state index contributed by atoms with van der Waals surface area (Å²) in [5.74, 6) is -1.50. The Balaban J connectivity index is 2.85. The Morgan fingerprint density at radius 2 is 2.19 bits per heavy atom. The van der Waals surface area contributed by atoms with Gasteiger partial charge in [0, 0.05) is 4.88 Å². The van der Waals surface area contributed by atoms with Gasteiger partial charge in [0.25, 0.3) is 0 Å². The minimum atomic E-state index is -0.979. The van der Waals surface area contributed by atoms with Gasteiger partial charge in [0.1, 0.15) is 6.04 Å². The zero-order chi connectivity index (χ0) is 12.3. The maximum absolute atomic E-state index is 11.2. The van der Waals surface area contributed by atoms with Crippen molar-refractivity contribution >= 4 is 28.4 Å². The zero-order valence-electron chi connectivity index (χ0n) is 9.10. The van der Waals surface area contributed by atoms with Gasteiger partial charge in [-0.2, -0.15) is 0 Å². The highest BCUT2D eigenvalue weighted by molar-refractivity contribution is 7.15. The minimum absolute atomic E-state index is 0.215. The molecule has 16 heavy (non-hydrogen) atoms. The van der Waals surface area contributed by atoms with Gasteiger partial charge in [0.05, 0.1) is 7.11 Å². The van der Waals surface area contributed by atoms with Gasteiger partial charge >= 0.3 is 11.9 Å². The molecule has 6 nitrogen and oxygen atoms in total. The molecule has 1 heterocycles. The van der Waals surface area contributed by atoms with Gasteiger partial charge in [0.15, 0.2) is 10.8 Å². The summed E-state index contributed by atoms with van der Waals surface area (Å²) >= 11 is 1.22. The van der Waals surface area contributed by atoms with E-state index in [0.717, 1.165) is 0 Å². The summed E-state index contributed by atoms with van der Waals surface area (Å²) < 4.78 is 4.54. The van der Waals surface area contributed by atoms with Crippen LogP contribution in [0, 0.1) is 6.92 Å². The van der Waals surface area contributed by atoms with Crippen molar-refractivity contribution in [1.29, 1.82) is 0 Å². The van der Waals surface area contributed by atoms with Crippen molar-refractivity contribution in [3.8, 4) is 0 Å². The van der Waals surface area contributed by atoms with Crippen molar-refractivity contribution in [3.63, 3.8) is 0 Å². The Kier molecular flexibility index (Phi) is 3.83. The van der Waals surface area contributed by atoms with Gasteiger partial charge in [-0.05, 0) is 13.8 Å². The number of aryl methyl sites for hydroxylation is 1. The molecule has 1 aromatic rings. The van der Waals surface area contributed by atoms with Crippen molar-refractivity contribution in [2.75, 3.05) is 12.4 Å². The van der Waals surface area contributed by atoms with E-state index in [0.29, 0.717) is 10.0 Å². The Labute approximate surface area is 96.3 Å². The topological polar surface area (TPSA) is 88.5 Å². The maximum atomic E-state index is 11.2. The molecule has 0 saturated carbocycles. The number of nitrogens with zero attached hydrogens (tertiary/aromatic N) is 1. The SMILES string of the molecule is COC(=O)c1nc(N[C@@H](C)C(=O)O)sc1C. The molecule has 1 atom stereocenters. The van der Waals surface area contributed by atoms with Crippen LogP contribution in [-0.2, 0) is 9.53 Å². The van der Waals surface area contributed by atoms with E-state index in [1.54, 1.807) is 6.92 Å². The van der Waals surface area contributed by atoms with E-state index >= 15 is 0 Å². The third-order valence-corrected chi connectivity index (χ3v) is 2.79. The second-order valence-electron chi connectivity index (χ2n) is 3.12. The number of thiazole rings is 1. The first-order valence-corrected chi connectivity index (χ1v) is 5.32. The van der Waals surface area contributed by atoms with E-state index < -0.39 is 18.0 Å². The molecule has 2 N–H and O–H groups in total. The number of carboxylic acid groups (broad SMARTS) is 1. The number of hydrogen-bond donors (Lipinski definition) is 2. The number of rotatable bonds is 4. The molecule has 88 valence electrons. The Morgan fingerprint density at radius 1 is 1.56 bits per heavy atom. The molecule has 0 aromatic carbocycles.